The topological polar surface area (TPSA) is 69.4 Å². The number of hydrogen-bond donors (Lipinski definition) is 1. The van der Waals surface area contributed by atoms with Crippen LogP contribution in [0.1, 0.15) is 46.5 Å². The number of sulfone groups is 1. The summed E-state index contributed by atoms with van der Waals surface area (Å²) in [7, 11) is -2.95. The number of rotatable bonds is 5. The van der Waals surface area contributed by atoms with Crippen molar-refractivity contribution < 1.29 is 13.2 Å². The Kier molecular flexibility index (Phi) is 5.21. The van der Waals surface area contributed by atoms with E-state index in [-0.39, 0.29) is 17.2 Å². The second kappa shape index (κ2) is 5.88. The predicted octanol–water partition coefficient (Wildman–Crippen LogP) is 1.73. The number of ether oxygens (including phenoxy) is 1. The molecule has 1 saturated carbocycles. The second-order valence-electron chi connectivity index (χ2n) is 5.94. The van der Waals surface area contributed by atoms with Crippen molar-refractivity contribution in [1.29, 1.82) is 0 Å². The molecule has 0 spiro atoms. The van der Waals surface area contributed by atoms with E-state index in [9.17, 15) is 8.42 Å². The Morgan fingerprint density at radius 1 is 1.39 bits per heavy atom. The zero-order valence-electron chi connectivity index (χ0n) is 12.0. The van der Waals surface area contributed by atoms with Crippen molar-refractivity contribution in [3.8, 4) is 0 Å². The van der Waals surface area contributed by atoms with Gasteiger partial charge in [0.25, 0.3) is 0 Å². The molecule has 0 heterocycles. The van der Waals surface area contributed by atoms with Gasteiger partial charge in [0, 0.05) is 18.9 Å². The molecular weight excluding hydrogens is 250 g/mol. The zero-order valence-corrected chi connectivity index (χ0v) is 12.8. The van der Waals surface area contributed by atoms with Gasteiger partial charge >= 0.3 is 0 Å². The molecule has 0 aromatic carbocycles. The van der Waals surface area contributed by atoms with Gasteiger partial charge < -0.3 is 10.5 Å². The number of nitrogens with two attached hydrogens (primary N) is 1. The maximum atomic E-state index is 11.7. The molecule has 1 aliphatic carbocycles. The van der Waals surface area contributed by atoms with Gasteiger partial charge in [0.05, 0.1) is 10.9 Å². The van der Waals surface area contributed by atoms with Gasteiger partial charge in [-0.15, -0.1) is 0 Å². The van der Waals surface area contributed by atoms with Crippen LogP contribution in [0.2, 0.25) is 0 Å². The molecule has 0 saturated heterocycles. The Hall–Kier alpha value is -0.130. The minimum atomic E-state index is -2.95. The van der Waals surface area contributed by atoms with Gasteiger partial charge in [-0.25, -0.2) is 8.42 Å². The fraction of sp³-hybridized carbons (Fsp3) is 1.00. The molecule has 1 fully saturated rings. The standard InChI is InChI=1S/C13H27NO3S/c1-5-17-13(2,3)12(14)10-7-6-8-11(9-10)18(4,15)16/h10-12H,5-9,14H2,1-4H3. The monoisotopic (exact) mass is 277 g/mol. The average Bonchev–Trinajstić information content (AvgIpc) is 2.27. The Labute approximate surface area is 111 Å². The summed E-state index contributed by atoms with van der Waals surface area (Å²) in [6, 6.07) is -0.109. The lowest BCUT2D eigenvalue weighted by Gasteiger charge is -2.40. The first-order valence-corrected chi connectivity index (χ1v) is 8.72. The van der Waals surface area contributed by atoms with Gasteiger partial charge in [-0.1, -0.05) is 6.42 Å². The van der Waals surface area contributed by atoms with E-state index in [0.29, 0.717) is 13.0 Å². The largest absolute Gasteiger partial charge is 0.374 e. The van der Waals surface area contributed by atoms with Gasteiger partial charge in [-0.3, -0.25) is 0 Å². The molecule has 18 heavy (non-hydrogen) atoms. The first kappa shape index (κ1) is 15.9. The van der Waals surface area contributed by atoms with Crippen LogP contribution < -0.4 is 5.73 Å². The molecule has 0 aromatic heterocycles. The van der Waals surface area contributed by atoms with Crippen molar-refractivity contribution in [2.45, 2.75) is 63.3 Å². The normalized spacial score (nSPS) is 28.1. The Balaban J connectivity index is 2.72. The first-order chi connectivity index (χ1) is 8.18. The molecule has 1 rings (SSSR count). The third-order valence-electron chi connectivity index (χ3n) is 4.10. The molecule has 5 heteroatoms. The Morgan fingerprint density at radius 2 is 2.00 bits per heavy atom. The summed E-state index contributed by atoms with van der Waals surface area (Å²) in [6.45, 7) is 6.56. The van der Waals surface area contributed by atoms with Crippen LogP contribution in [0.4, 0.5) is 0 Å². The quantitative estimate of drug-likeness (QED) is 0.831. The Morgan fingerprint density at radius 3 is 2.50 bits per heavy atom. The predicted molar refractivity (Wildman–Crippen MR) is 74.3 cm³/mol. The molecule has 0 aliphatic heterocycles. The van der Waals surface area contributed by atoms with Crippen molar-refractivity contribution in [3.05, 3.63) is 0 Å². The molecule has 0 radical (unpaired) electrons. The van der Waals surface area contributed by atoms with Crippen LogP contribution in [0.3, 0.4) is 0 Å². The third kappa shape index (κ3) is 3.93. The van der Waals surface area contributed by atoms with Gasteiger partial charge in [0.1, 0.15) is 9.84 Å². The van der Waals surface area contributed by atoms with Crippen LogP contribution in [0.15, 0.2) is 0 Å². The highest BCUT2D eigenvalue weighted by Gasteiger charge is 2.38. The van der Waals surface area contributed by atoms with Gasteiger partial charge in [-0.05, 0) is 46.0 Å². The highest BCUT2D eigenvalue weighted by atomic mass is 32.2. The van der Waals surface area contributed by atoms with Crippen molar-refractivity contribution in [3.63, 3.8) is 0 Å². The van der Waals surface area contributed by atoms with Crippen molar-refractivity contribution in [2.75, 3.05) is 12.9 Å². The highest BCUT2D eigenvalue weighted by molar-refractivity contribution is 7.91. The average molecular weight is 277 g/mol. The fourth-order valence-corrected chi connectivity index (χ4v) is 4.12. The second-order valence-corrected chi connectivity index (χ2v) is 8.27. The lowest BCUT2D eigenvalue weighted by Crippen LogP contribution is -2.52. The smallest absolute Gasteiger partial charge is 0.150 e. The van der Waals surface area contributed by atoms with Crippen molar-refractivity contribution >= 4 is 9.84 Å². The van der Waals surface area contributed by atoms with Crippen LogP contribution >= 0.6 is 0 Å². The van der Waals surface area contributed by atoms with Crippen LogP contribution in [-0.2, 0) is 14.6 Å². The van der Waals surface area contributed by atoms with Gasteiger partial charge in [0.15, 0.2) is 0 Å². The van der Waals surface area contributed by atoms with Crippen LogP contribution in [0, 0.1) is 5.92 Å². The van der Waals surface area contributed by atoms with E-state index in [2.05, 4.69) is 0 Å². The molecule has 3 atom stereocenters. The zero-order chi connectivity index (χ0) is 14.0. The van der Waals surface area contributed by atoms with E-state index in [1.54, 1.807) is 0 Å². The molecule has 4 nitrogen and oxygen atoms in total. The minimum absolute atomic E-state index is 0.109. The maximum Gasteiger partial charge on any atom is 0.150 e. The van der Waals surface area contributed by atoms with E-state index in [1.165, 1.54) is 6.26 Å². The van der Waals surface area contributed by atoms with Crippen molar-refractivity contribution in [2.24, 2.45) is 11.7 Å². The molecule has 1 aliphatic rings. The first-order valence-electron chi connectivity index (χ1n) is 6.77. The van der Waals surface area contributed by atoms with E-state index in [4.69, 9.17) is 10.5 Å². The lowest BCUT2D eigenvalue weighted by atomic mass is 9.78. The van der Waals surface area contributed by atoms with E-state index in [0.717, 1.165) is 19.3 Å². The highest BCUT2D eigenvalue weighted by Crippen LogP contribution is 2.34. The summed E-state index contributed by atoms with van der Waals surface area (Å²) < 4.78 is 29.0. The third-order valence-corrected chi connectivity index (χ3v) is 5.74. The summed E-state index contributed by atoms with van der Waals surface area (Å²) in [5.41, 5.74) is 5.91. The molecule has 0 aromatic rings. The molecule has 3 unspecified atom stereocenters. The summed E-state index contributed by atoms with van der Waals surface area (Å²) >= 11 is 0. The van der Waals surface area contributed by atoms with Crippen LogP contribution in [0.5, 0.6) is 0 Å². The summed E-state index contributed by atoms with van der Waals surface area (Å²) in [6.07, 6.45) is 4.73. The molecule has 108 valence electrons. The van der Waals surface area contributed by atoms with E-state index in [1.807, 2.05) is 20.8 Å². The lowest BCUT2D eigenvalue weighted by molar-refractivity contribution is -0.0461. The summed E-state index contributed by atoms with van der Waals surface area (Å²) in [5.74, 6) is 0.236. The molecule has 2 N–H and O–H groups in total. The van der Waals surface area contributed by atoms with Gasteiger partial charge in [0.2, 0.25) is 0 Å². The van der Waals surface area contributed by atoms with Gasteiger partial charge in [-0.2, -0.15) is 0 Å². The fourth-order valence-electron chi connectivity index (χ4n) is 2.93. The molecular formula is C13H27NO3S. The van der Waals surface area contributed by atoms with Crippen molar-refractivity contribution in [1.82, 2.24) is 0 Å². The van der Waals surface area contributed by atoms with E-state index >= 15 is 0 Å². The van der Waals surface area contributed by atoms with Crippen LogP contribution in [0.25, 0.3) is 0 Å². The SMILES string of the molecule is CCOC(C)(C)C(N)C1CCCC(S(C)(=O)=O)C1. The van der Waals surface area contributed by atoms with Crippen LogP contribution in [-0.4, -0.2) is 38.2 Å². The maximum absolute atomic E-state index is 11.7. The summed E-state index contributed by atoms with van der Waals surface area (Å²) in [5, 5.41) is -0.222. The minimum Gasteiger partial charge on any atom is -0.374 e. The Bertz CT molecular complexity index is 364. The molecule has 0 amide bonds. The molecule has 0 bridgehead atoms. The van der Waals surface area contributed by atoms with E-state index < -0.39 is 15.4 Å². The summed E-state index contributed by atoms with van der Waals surface area (Å²) in [4.78, 5) is 0. The number of hydrogen-bond acceptors (Lipinski definition) is 4.